The van der Waals surface area contributed by atoms with Crippen LogP contribution in [0.2, 0.25) is 5.02 Å². The maximum absolute atomic E-state index is 13.8. The van der Waals surface area contributed by atoms with Gasteiger partial charge < -0.3 is 15.5 Å². The SMILES string of the molecule is CC1=C(C(=O)Nc2ccc(C)cc2C)C(c2ccc(Cl)cc2)N2C(CC(=O)NCc3ccccc3)=CSC2=N1. The lowest BCUT2D eigenvalue weighted by atomic mass is 9.93. The number of halogens is 1. The molecular weight excluding hydrogens is 528 g/mol. The predicted molar refractivity (Wildman–Crippen MR) is 159 cm³/mol. The predicted octanol–water partition coefficient (Wildman–Crippen LogP) is 6.88. The molecular formula is C31H29ClN4O2S. The van der Waals surface area contributed by atoms with Crippen LogP contribution in [0.5, 0.6) is 0 Å². The topological polar surface area (TPSA) is 73.8 Å². The molecule has 2 heterocycles. The first kappa shape index (κ1) is 26.8. The van der Waals surface area contributed by atoms with E-state index in [0.717, 1.165) is 38.8 Å². The summed E-state index contributed by atoms with van der Waals surface area (Å²) in [6.07, 6.45) is 0.161. The largest absolute Gasteiger partial charge is 0.352 e. The van der Waals surface area contributed by atoms with E-state index >= 15 is 0 Å². The number of amidine groups is 1. The fourth-order valence-corrected chi connectivity index (χ4v) is 5.88. The number of hydrogen-bond acceptors (Lipinski definition) is 5. The average molecular weight is 557 g/mol. The minimum Gasteiger partial charge on any atom is -0.352 e. The van der Waals surface area contributed by atoms with E-state index in [-0.39, 0.29) is 18.2 Å². The zero-order valence-corrected chi connectivity index (χ0v) is 23.6. The van der Waals surface area contributed by atoms with Crippen LogP contribution in [0.25, 0.3) is 0 Å². The van der Waals surface area contributed by atoms with Crippen LogP contribution in [-0.2, 0) is 16.1 Å². The molecule has 8 heteroatoms. The number of allylic oxidation sites excluding steroid dienone is 1. The maximum Gasteiger partial charge on any atom is 0.255 e. The molecule has 2 N–H and O–H groups in total. The Morgan fingerprint density at radius 1 is 1.00 bits per heavy atom. The molecule has 0 bridgehead atoms. The van der Waals surface area contributed by atoms with E-state index in [1.165, 1.54) is 11.8 Å². The summed E-state index contributed by atoms with van der Waals surface area (Å²) in [6, 6.07) is 22.7. The molecule has 6 nitrogen and oxygen atoms in total. The third-order valence-electron chi connectivity index (χ3n) is 6.74. The number of aliphatic imine (C=N–C) groups is 1. The number of carbonyl (C=O) groups is 2. The van der Waals surface area contributed by atoms with Crippen molar-refractivity contribution in [1.29, 1.82) is 0 Å². The van der Waals surface area contributed by atoms with E-state index in [9.17, 15) is 9.59 Å². The minimum absolute atomic E-state index is 0.102. The molecule has 0 aromatic heterocycles. The number of anilines is 1. The number of amides is 2. The van der Waals surface area contributed by atoms with Crippen molar-refractivity contribution >= 4 is 46.0 Å². The summed E-state index contributed by atoms with van der Waals surface area (Å²) in [7, 11) is 0. The Labute approximate surface area is 237 Å². The van der Waals surface area contributed by atoms with Crippen molar-refractivity contribution in [2.75, 3.05) is 5.32 Å². The van der Waals surface area contributed by atoms with Gasteiger partial charge in [-0.15, -0.1) is 0 Å². The fraction of sp³-hybridized carbons (Fsp3) is 0.194. The van der Waals surface area contributed by atoms with E-state index < -0.39 is 6.04 Å². The summed E-state index contributed by atoms with van der Waals surface area (Å²) in [5, 5.41) is 9.40. The molecule has 1 atom stereocenters. The van der Waals surface area contributed by atoms with Crippen molar-refractivity contribution in [3.63, 3.8) is 0 Å². The van der Waals surface area contributed by atoms with Crippen molar-refractivity contribution < 1.29 is 9.59 Å². The van der Waals surface area contributed by atoms with Crippen molar-refractivity contribution in [3.05, 3.63) is 122 Å². The molecule has 2 aliphatic rings. The Morgan fingerprint density at radius 2 is 1.74 bits per heavy atom. The van der Waals surface area contributed by atoms with Gasteiger partial charge in [-0.25, -0.2) is 4.99 Å². The summed E-state index contributed by atoms with van der Waals surface area (Å²) in [4.78, 5) is 33.6. The van der Waals surface area contributed by atoms with Crippen LogP contribution in [0, 0.1) is 13.8 Å². The smallest absolute Gasteiger partial charge is 0.255 e. The van der Waals surface area contributed by atoms with Crippen LogP contribution >= 0.6 is 23.4 Å². The van der Waals surface area contributed by atoms with Gasteiger partial charge in [0.15, 0.2) is 5.17 Å². The molecule has 198 valence electrons. The average Bonchev–Trinajstić information content (AvgIpc) is 3.31. The molecule has 39 heavy (non-hydrogen) atoms. The highest BCUT2D eigenvalue weighted by atomic mass is 35.5. The van der Waals surface area contributed by atoms with Crippen LogP contribution in [0.4, 0.5) is 5.69 Å². The number of nitrogens with zero attached hydrogens (tertiary/aromatic N) is 2. The van der Waals surface area contributed by atoms with E-state index in [1.807, 2.05) is 104 Å². The molecule has 3 aromatic carbocycles. The Morgan fingerprint density at radius 3 is 2.46 bits per heavy atom. The molecule has 2 amide bonds. The van der Waals surface area contributed by atoms with E-state index in [1.54, 1.807) is 0 Å². The number of aryl methyl sites for hydroxylation is 2. The molecule has 0 fully saturated rings. The first-order valence-corrected chi connectivity index (χ1v) is 13.9. The molecule has 0 saturated heterocycles. The maximum atomic E-state index is 13.8. The van der Waals surface area contributed by atoms with Crippen molar-refractivity contribution in [2.24, 2.45) is 4.99 Å². The third kappa shape index (κ3) is 5.95. The molecule has 0 spiro atoms. The molecule has 3 aromatic rings. The molecule has 2 aliphatic heterocycles. The second-order valence-corrected chi connectivity index (χ2v) is 10.9. The highest BCUT2D eigenvalue weighted by molar-refractivity contribution is 8.16. The first-order valence-electron chi connectivity index (χ1n) is 12.7. The summed E-state index contributed by atoms with van der Waals surface area (Å²) < 4.78 is 0. The first-order chi connectivity index (χ1) is 18.8. The van der Waals surface area contributed by atoms with Gasteiger partial charge in [0, 0.05) is 23.0 Å². The molecule has 0 aliphatic carbocycles. The zero-order chi connectivity index (χ0) is 27.5. The number of rotatable bonds is 7. The number of hydrogen-bond donors (Lipinski definition) is 2. The van der Waals surface area contributed by atoms with E-state index in [2.05, 4.69) is 10.6 Å². The molecule has 5 rings (SSSR count). The quantitative estimate of drug-likeness (QED) is 0.333. The lowest BCUT2D eigenvalue weighted by Crippen LogP contribution is -2.38. The van der Waals surface area contributed by atoms with Crippen LogP contribution in [0.3, 0.4) is 0 Å². The summed E-state index contributed by atoms with van der Waals surface area (Å²) in [6.45, 7) is 6.30. The summed E-state index contributed by atoms with van der Waals surface area (Å²) in [5.74, 6) is -0.332. The van der Waals surface area contributed by atoms with Crippen molar-refractivity contribution in [3.8, 4) is 0 Å². The molecule has 1 unspecified atom stereocenters. The molecule has 0 radical (unpaired) electrons. The fourth-order valence-electron chi connectivity index (χ4n) is 4.79. The Balaban J connectivity index is 1.44. The van der Waals surface area contributed by atoms with Crippen molar-refractivity contribution in [2.45, 2.75) is 39.8 Å². The van der Waals surface area contributed by atoms with Crippen LogP contribution < -0.4 is 10.6 Å². The van der Waals surface area contributed by atoms with Crippen LogP contribution in [-0.4, -0.2) is 21.9 Å². The standard InChI is InChI=1S/C31H29ClN4O2S/c1-19-9-14-26(20(2)15-19)35-30(38)28-21(3)34-31-36(29(28)23-10-12-24(32)13-11-23)25(18-39-31)16-27(37)33-17-22-7-5-4-6-8-22/h4-15,18,29H,16-17H2,1-3H3,(H,33,37)(H,35,38). The summed E-state index contributed by atoms with van der Waals surface area (Å²) in [5.41, 5.74) is 6.73. The Bertz CT molecular complexity index is 1510. The highest BCUT2D eigenvalue weighted by Crippen LogP contribution is 2.45. The lowest BCUT2D eigenvalue weighted by Gasteiger charge is -2.36. The van der Waals surface area contributed by atoms with Gasteiger partial charge in [-0.05, 0) is 61.1 Å². The summed E-state index contributed by atoms with van der Waals surface area (Å²) >= 11 is 7.67. The van der Waals surface area contributed by atoms with Gasteiger partial charge in [-0.3, -0.25) is 9.59 Å². The second-order valence-electron chi connectivity index (χ2n) is 9.66. The number of thioether (sulfide) groups is 1. The van der Waals surface area contributed by atoms with Gasteiger partial charge in [-0.1, -0.05) is 83.5 Å². The molecule has 0 saturated carbocycles. The third-order valence-corrected chi connectivity index (χ3v) is 7.88. The normalized spacial score (nSPS) is 16.4. The number of carbonyl (C=O) groups excluding carboxylic acids is 2. The Kier molecular flexibility index (Phi) is 7.91. The lowest BCUT2D eigenvalue weighted by molar-refractivity contribution is -0.120. The zero-order valence-electron chi connectivity index (χ0n) is 22.0. The highest BCUT2D eigenvalue weighted by Gasteiger charge is 2.40. The van der Waals surface area contributed by atoms with Gasteiger partial charge in [0.1, 0.15) is 0 Å². The minimum atomic E-state index is -0.469. The second kappa shape index (κ2) is 11.5. The van der Waals surface area contributed by atoms with Gasteiger partial charge >= 0.3 is 0 Å². The van der Waals surface area contributed by atoms with Gasteiger partial charge in [0.25, 0.3) is 5.91 Å². The van der Waals surface area contributed by atoms with E-state index in [0.29, 0.717) is 22.8 Å². The van der Waals surface area contributed by atoms with Crippen LogP contribution in [0.15, 0.2) is 100 Å². The number of nitrogens with one attached hydrogen (secondary N) is 2. The van der Waals surface area contributed by atoms with E-state index in [4.69, 9.17) is 16.6 Å². The Hall–Kier alpha value is -3.81. The van der Waals surface area contributed by atoms with Crippen LogP contribution in [0.1, 0.15) is 41.6 Å². The number of benzene rings is 3. The van der Waals surface area contributed by atoms with Gasteiger partial charge in [-0.2, -0.15) is 0 Å². The van der Waals surface area contributed by atoms with Gasteiger partial charge in [0.05, 0.1) is 23.7 Å². The van der Waals surface area contributed by atoms with Crippen molar-refractivity contribution in [1.82, 2.24) is 10.2 Å². The number of fused-ring (bicyclic) bond motifs is 1. The van der Waals surface area contributed by atoms with Gasteiger partial charge in [0.2, 0.25) is 5.91 Å². The monoisotopic (exact) mass is 556 g/mol.